The second kappa shape index (κ2) is 4.03. The van der Waals surface area contributed by atoms with Gasteiger partial charge in [-0.1, -0.05) is 18.2 Å². The van der Waals surface area contributed by atoms with E-state index in [1.165, 1.54) is 5.56 Å². The van der Waals surface area contributed by atoms with Crippen LogP contribution in [-0.2, 0) is 4.74 Å². The normalized spacial score (nSPS) is 20.3. The molecule has 1 aliphatic rings. The van der Waals surface area contributed by atoms with Gasteiger partial charge in [-0.25, -0.2) is 4.99 Å². The molecule has 0 N–H and O–H groups in total. The monoisotopic (exact) mass is 204 g/mol. The number of nitrogens with zero attached hydrogens (tertiary/aromatic N) is 2. The summed E-state index contributed by atoms with van der Waals surface area (Å²) in [6.07, 6.45) is 0.152. The minimum atomic E-state index is 0.152. The number of aryl methyl sites for hydroxylation is 1. The molecular weight excluding hydrogens is 188 g/mol. The summed E-state index contributed by atoms with van der Waals surface area (Å²) in [5, 5.41) is 0. The predicted octanol–water partition coefficient (Wildman–Crippen LogP) is 1.66. The summed E-state index contributed by atoms with van der Waals surface area (Å²) >= 11 is 0. The summed E-state index contributed by atoms with van der Waals surface area (Å²) in [7, 11) is 4.02. The fourth-order valence-electron chi connectivity index (χ4n) is 1.59. The van der Waals surface area contributed by atoms with E-state index in [0.717, 1.165) is 11.5 Å². The van der Waals surface area contributed by atoms with E-state index in [-0.39, 0.29) is 6.17 Å². The average molecular weight is 204 g/mol. The van der Waals surface area contributed by atoms with Crippen molar-refractivity contribution in [2.24, 2.45) is 4.99 Å². The highest BCUT2D eigenvalue weighted by Crippen LogP contribution is 2.16. The van der Waals surface area contributed by atoms with Gasteiger partial charge in [-0.05, 0) is 32.6 Å². The van der Waals surface area contributed by atoms with Crippen LogP contribution in [0.4, 0.5) is 0 Å². The van der Waals surface area contributed by atoms with Crippen LogP contribution in [0.2, 0.25) is 0 Å². The van der Waals surface area contributed by atoms with Gasteiger partial charge in [0.2, 0.25) is 5.90 Å². The third-order valence-corrected chi connectivity index (χ3v) is 2.61. The molecule has 15 heavy (non-hydrogen) atoms. The minimum absolute atomic E-state index is 0.152. The molecule has 80 valence electrons. The van der Waals surface area contributed by atoms with E-state index in [2.05, 4.69) is 22.9 Å². The molecular formula is C12H16N2O. The molecule has 0 radical (unpaired) electrons. The number of rotatable bonds is 2. The van der Waals surface area contributed by atoms with E-state index in [4.69, 9.17) is 4.74 Å². The Hall–Kier alpha value is -1.35. The molecule has 1 unspecified atom stereocenters. The van der Waals surface area contributed by atoms with Crippen molar-refractivity contribution in [2.45, 2.75) is 13.1 Å². The highest BCUT2D eigenvalue weighted by molar-refractivity contribution is 5.96. The van der Waals surface area contributed by atoms with E-state index >= 15 is 0 Å². The summed E-state index contributed by atoms with van der Waals surface area (Å²) < 4.78 is 5.60. The molecule has 0 saturated carbocycles. The molecule has 1 heterocycles. The highest BCUT2D eigenvalue weighted by atomic mass is 16.5. The number of likely N-dealkylation sites (N-methyl/N-ethyl adjacent to an activating group) is 1. The topological polar surface area (TPSA) is 24.8 Å². The Morgan fingerprint density at radius 1 is 1.33 bits per heavy atom. The van der Waals surface area contributed by atoms with Gasteiger partial charge in [0.15, 0.2) is 0 Å². The lowest BCUT2D eigenvalue weighted by molar-refractivity contribution is 0.220. The van der Waals surface area contributed by atoms with Crippen LogP contribution in [0.3, 0.4) is 0 Å². The lowest BCUT2D eigenvalue weighted by Gasteiger charge is -2.12. The third kappa shape index (κ3) is 2.02. The van der Waals surface area contributed by atoms with Crippen LogP contribution in [0.5, 0.6) is 0 Å². The van der Waals surface area contributed by atoms with Crippen molar-refractivity contribution in [3.05, 3.63) is 35.4 Å². The summed E-state index contributed by atoms with van der Waals surface area (Å²) in [6, 6.07) is 8.16. The van der Waals surface area contributed by atoms with Crippen LogP contribution in [0.15, 0.2) is 29.3 Å². The first kappa shape index (κ1) is 10.2. The van der Waals surface area contributed by atoms with Gasteiger partial charge in [-0.15, -0.1) is 0 Å². The molecule has 0 amide bonds. The van der Waals surface area contributed by atoms with Crippen LogP contribution in [-0.4, -0.2) is 37.7 Å². The van der Waals surface area contributed by atoms with Crippen molar-refractivity contribution in [1.82, 2.24) is 4.90 Å². The molecule has 1 atom stereocenters. The SMILES string of the molecule is Cc1ccccc1C1=NC(N(C)C)CO1. The highest BCUT2D eigenvalue weighted by Gasteiger charge is 2.22. The van der Waals surface area contributed by atoms with E-state index < -0.39 is 0 Å². The zero-order chi connectivity index (χ0) is 10.8. The summed E-state index contributed by atoms with van der Waals surface area (Å²) in [4.78, 5) is 6.60. The maximum Gasteiger partial charge on any atom is 0.218 e. The molecule has 0 fully saturated rings. The molecule has 0 aromatic heterocycles. The fourth-order valence-corrected chi connectivity index (χ4v) is 1.59. The molecule has 0 spiro atoms. The Kier molecular flexibility index (Phi) is 2.73. The Bertz CT molecular complexity index is 385. The average Bonchev–Trinajstić information content (AvgIpc) is 2.67. The van der Waals surface area contributed by atoms with E-state index in [1.54, 1.807) is 0 Å². The number of hydrogen-bond acceptors (Lipinski definition) is 3. The summed E-state index contributed by atoms with van der Waals surface area (Å²) in [5.41, 5.74) is 2.30. The smallest absolute Gasteiger partial charge is 0.218 e. The zero-order valence-corrected chi connectivity index (χ0v) is 9.40. The van der Waals surface area contributed by atoms with Crippen molar-refractivity contribution < 1.29 is 4.74 Å². The van der Waals surface area contributed by atoms with E-state index in [0.29, 0.717) is 6.61 Å². The molecule has 3 nitrogen and oxygen atoms in total. The first-order valence-electron chi connectivity index (χ1n) is 5.11. The molecule has 1 aromatic rings. The van der Waals surface area contributed by atoms with Gasteiger partial charge in [0.25, 0.3) is 0 Å². The number of ether oxygens (including phenoxy) is 1. The molecule has 1 aromatic carbocycles. The zero-order valence-electron chi connectivity index (χ0n) is 9.40. The molecule has 0 aliphatic carbocycles. The van der Waals surface area contributed by atoms with Crippen LogP contribution >= 0.6 is 0 Å². The molecule has 0 bridgehead atoms. The van der Waals surface area contributed by atoms with Crippen molar-refractivity contribution >= 4 is 5.90 Å². The van der Waals surface area contributed by atoms with Crippen LogP contribution in [0.1, 0.15) is 11.1 Å². The van der Waals surface area contributed by atoms with Gasteiger partial charge in [0.1, 0.15) is 12.8 Å². The number of benzene rings is 1. The number of aliphatic imine (C=N–C) groups is 1. The second-order valence-electron chi connectivity index (χ2n) is 4.00. The number of hydrogen-bond donors (Lipinski definition) is 0. The molecule has 0 saturated heterocycles. The van der Waals surface area contributed by atoms with Gasteiger partial charge >= 0.3 is 0 Å². The summed E-state index contributed by atoms with van der Waals surface area (Å²) in [5.74, 6) is 0.770. The van der Waals surface area contributed by atoms with Gasteiger partial charge in [-0.3, -0.25) is 4.90 Å². The van der Waals surface area contributed by atoms with Crippen molar-refractivity contribution in [3.63, 3.8) is 0 Å². The predicted molar refractivity (Wildman–Crippen MR) is 61.1 cm³/mol. The van der Waals surface area contributed by atoms with Crippen molar-refractivity contribution in [2.75, 3.05) is 20.7 Å². The second-order valence-corrected chi connectivity index (χ2v) is 4.00. The first-order valence-corrected chi connectivity index (χ1v) is 5.11. The van der Waals surface area contributed by atoms with Gasteiger partial charge in [0, 0.05) is 5.56 Å². The van der Waals surface area contributed by atoms with Crippen LogP contribution in [0.25, 0.3) is 0 Å². The quantitative estimate of drug-likeness (QED) is 0.732. The largest absolute Gasteiger partial charge is 0.474 e. The molecule has 3 heteroatoms. The lowest BCUT2D eigenvalue weighted by atomic mass is 10.1. The van der Waals surface area contributed by atoms with Gasteiger partial charge < -0.3 is 4.74 Å². The standard InChI is InChI=1S/C12H16N2O/c1-9-6-4-5-7-10(9)12-13-11(8-15-12)14(2)3/h4-7,11H,8H2,1-3H3. The van der Waals surface area contributed by atoms with Crippen molar-refractivity contribution in [1.29, 1.82) is 0 Å². The Balaban J connectivity index is 2.27. The maximum absolute atomic E-state index is 5.60. The summed E-state index contributed by atoms with van der Waals surface area (Å²) in [6.45, 7) is 2.72. The molecule has 2 rings (SSSR count). The molecule has 1 aliphatic heterocycles. The lowest BCUT2D eigenvalue weighted by Crippen LogP contribution is -2.26. The van der Waals surface area contributed by atoms with E-state index in [9.17, 15) is 0 Å². The van der Waals surface area contributed by atoms with Crippen LogP contribution in [0, 0.1) is 6.92 Å². The fraction of sp³-hybridized carbons (Fsp3) is 0.417. The van der Waals surface area contributed by atoms with Crippen molar-refractivity contribution in [3.8, 4) is 0 Å². The Morgan fingerprint density at radius 2 is 2.07 bits per heavy atom. The van der Waals surface area contributed by atoms with Gasteiger partial charge in [0.05, 0.1) is 0 Å². The first-order chi connectivity index (χ1) is 7.18. The van der Waals surface area contributed by atoms with Gasteiger partial charge in [-0.2, -0.15) is 0 Å². The Morgan fingerprint density at radius 3 is 2.67 bits per heavy atom. The third-order valence-electron chi connectivity index (χ3n) is 2.61. The van der Waals surface area contributed by atoms with E-state index in [1.807, 2.05) is 32.3 Å². The minimum Gasteiger partial charge on any atom is -0.474 e. The van der Waals surface area contributed by atoms with Crippen LogP contribution < -0.4 is 0 Å². The maximum atomic E-state index is 5.60. The Labute approximate surface area is 90.4 Å².